The van der Waals surface area contributed by atoms with Crippen LogP contribution in [0.2, 0.25) is 0 Å². The number of aromatic nitrogens is 3. The summed E-state index contributed by atoms with van der Waals surface area (Å²) in [6, 6.07) is 57.8. The Bertz CT molecular complexity index is 2870. The largest absolute Gasteiger partial charge is 0.278 e. The van der Waals surface area contributed by atoms with E-state index < -0.39 is 0 Å². The predicted octanol–water partition coefficient (Wildman–Crippen LogP) is 13.3. The van der Waals surface area contributed by atoms with Crippen molar-refractivity contribution in [2.45, 2.75) is 43.9 Å². The molecule has 2 heterocycles. The van der Waals surface area contributed by atoms with Crippen molar-refractivity contribution in [2.75, 3.05) is 0 Å². The van der Waals surface area contributed by atoms with Crippen molar-refractivity contribution < 1.29 is 0 Å². The fourth-order valence-electron chi connectivity index (χ4n) is 11.6. The molecular weight excluding hydrogens is 667 g/mol. The predicted molar refractivity (Wildman–Crippen MR) is 228 cm³/mol. The number of nitrogens with zero attached hydrogens (tertiary/aromatic N) is 3. The van der Waals surface area contributed by atoms with E-state index in [0.717, 1.165) is 50.9 Å². The highest BCUT2D eigenvalue weighted by Crippen LogP contribution is 2.60. The summed E-state index contributed by atoms with van der Waals surface area (Å²) in [5, 5.41) is 6.00. The first-order valence-electron chi connectivity index (χ1n) is 20.2. The molecular formula is C52H41N3. The molecule has 0 saturated heterocycles. The molecule has 3 nitrogen and oxygen atoms in total. The molecule has 55 heavy (non-hydrogen) atoms. The highest BCUT2D eigenvalue weighted by atomic mass is 15.2. The van der Waals surface area contributed by atoms with Crippen molar-refractivity contribution in [1.82, 2.24) is 14.5 Å². The molecule has 264 valence electrons. The van der Waals surface area contributed by atoms with E-state index in [1.165, 1.54) is 82.3 Å². The number of hydrogen-bond donors (Lipinski definition) is 0. The molecule has 0 N–H and O–H groups in total. The maximum absolute atomic E-state index is 5.40. The molecule has 3 heteroatoms. The highest BCUT2D eigenvalue weighted by molar-refractivity contribution is 6.09. The van der Waals surface area contributed by atoms with E-state index in [0.29, 0.717) is 11.4 Å². The minimum absolute atomic E-state index is 0.407. The first-order chi connectivity index (χ1) is 27.2. The Kier molecular flexibility index (Phi) is 6.81. The van der Waals surface area contributed by atoms with Crippen LogP contribution in [0.4, 0.5) is 0 Å². The Hall–Kier alpha value is -6.06. The van der Waals surface area contributed by atoms with Gasteiger partial charge in [0.25, 0.3) is 0 Å². The van der Waals surface area contributed by atoms with Gasteiger partial charge in [-0.3, -0.25) is 4.57 Å². The zero-order valence-electron chi connectivity index (χ0n) is 30.8. The monoisotopic (exact) mass is 707 g/mol. The van der Waals surface area contributed by atoms with Crippen molar-refractivity contribution in [3.05, 3.63) is 163 Å². The lowest BCUT2D eigenvalue weighted by Gasteiger charge is -2.57. The van der Waals surface area contributed by atoms with Crippen molar-refractivity contribution in [3.63, 3.8) is 0 Å². The van der Waals surface area contributed by atoms with E-state index in [1.807, 2.05) is 0 Å². The first kappa shape index (κ1) is 31.3. The van der Waals surface area contributed by atoms with Gasteiger partial charge in [-0.25, -0.2) is 9.97 Å². The van der Waals surface area contributed by atoms with Crippen LogP contribution in [0.15, 0.2) is 158 Å². The van der Waals surface area contributed by atoms with Gasteiger partial charge in [-0.1, -0.05) is 133 Å². The molecule has 4 aliphatic rings. The molecule has 4 bridgehead atoms. The van der Waals surface area contributed by atoms with E-state index >= 15 is 0 Å². The van der Waals surface area contributed by atoms with E-state index in [2.05, 4.69) is 162 Å². The lowest BCUT2D eigenvalue weighted by Crippen LogP contribution is -2.48. The summed E-state index contributed by atoms with van der Waals surface area (Å²) < 4.78 is 2.22. The van der Waals surface area contributed by atoms with Crippen LogP contribution >= 0.6 is 0 Å². The van der Waals surface area contributed by atoms with Crippen molar-refractivity contribution in [2.24, 2.45) is 17.8 Å². The third-order valence-electron chi connectivity index (χ3n) is 13.6. The number of fused-ring (bicyclic) bond motifs is 5. The second-order valence-corrected chi connectivity index (χ2v) is 16.8. The summed E-state index contributed by atoms with van der Waals surface area (Å²) in [6.45, 7) is 0. The Morgan fingerprint density at radius 3 is 1.71 bits per heavy atom. The molecule has 0 unspecified atom stereocenters. The summed E-state index contributed by atoms with van der Waals surface area (Å²) in [4.78, 5) is 10.6. The average molecular weight is 708 g/mol. The van der Waals surface area contributed by atoms with Gasteiger partial charge in [-0.05, 0) is 125 Å². The second-order valence-electron chi connectivity index (χ2n) is 16.8. The van der Waals surface area contributed by atoms with Crippen LogP contribution in [-0.2, 0) is 5.41 Å². The van der Waals surface area contributed by atoms with Crippen LogP contribution < -0.4 is 0 Å². The average Bonchev–Trinajstić information content (AvgIpc) is 3.57. The molecule has 4 aliphatic carbocycles. The van der Waals surface area contributed by atoms with Crippen LogP contribution in [-0.4, -0.2) is 14.5 Å². The van der Waals surface area contributed by atoms with Gasteiger partial charge in [0, 0.05) is 21.7 Å². The lowest BCUT2D eigenvalue weighted by molar-refractivity contribution is -0.00518. The standard InChI is InChI=1S/C52H41N3/c1-4-19-46-45(16-1)50(54-51(53-46)55-47-20-5-2-14-43(47)44-15-3-6-21-48(44)55)39-13-7-12-38(29-39)42-18-9-11-37-10-8-17-41(49(37)42)36-22-24-40(25-23-36)52-30-33-26-34(31-52)28-35(27-33)32-52/h1-25,29,33-35H,26-28,30-32H2. The molecule has 0 atom stereocenters. The van der Waals surface area contributed by atoms with Gasteiger partial charge in [-0.15, -0.1) is 0 Å². The van der Waals surface area contributed by atoms with Crippen LogP contribution in [0.5, 0.6) is 0 Å². The molecule has 2 aromatic heterocycles. The van der Waals surface area contributed by atoms with Crippen molar-refractivity contribution in [1.29, 1.82) is 0 Å². The third kappa shape index (κ3) is 4.88. The molecule has 0 spiro atoms. The van der Waals surface area contributed by atoms with Crippen LogP contribution in [0.3, 0.4) is 0 Å². The number of benzene rings is 7. The maximum atomic E-state index is 5.40. The van der Waals surface area contributed by atoms with Crippen LogP contribution in [0.25, 0.3) is 82.9 Å². The molecule has 0 aliphatic heterocycles. The minimum Gasteiger partial charge on any atom is -0.278 e. The smallest absolute Gasteiger partial charge is 0.235 e. The van der Waals surface area contributed by atoms with Gasteiger partial charge in [0.05, 0.1) is 22.2 Å². The number of rotatable bonds is 5. The van der Waals surface area contributed by atoms with E-state index in [-0.39, 0.29) is 0 Å². The number of para-hydroxylation sites is 3. The van der Waals surface area contributed by atoms with Gasteiger partial charge in [0.2, 0.25) is 5.95 Å². The summed E-state index contributed by atoms with van der Waals surface area (Å²) in [6.07, 6.45) is 8.63. The molecule has 9 aromatic rings. The fourth-order valence-corrected chi connectivity index (χ4v) is 11.6. The second kappa shape index (κ2) is 12.0. The Morgan fingerprint density at radius 1 is 0.473 bits per heavy atom. The van der Waals surface area contributed by atoms with Crippen molar-refractivity contribution in [3.8, 4) is 39.5 Å². The first-order valence-corrected chi connectivity index (χ1v) is 20.2. The molecule has 0 amide bonds. The quantitative estimate of drug-likeness (QED) is 0.178. The van der Waals surface area contributed by atoms with Gasteiger partial charge in [0.15, 0.2) is 0 Å². The van der Waals surface area contributed by atoms with Crippen LogP contribution in [0.1, 0.15) is 44.1 Å². The normalized spacial score (nSPS) is 21.6. The zero-order chi connectivity index (χ0) is 36.1. The Morgan fingerprint density at radius 2 is 1.04 bits per heavy atom. The van der Waals surface area contributed by atoms with Crippen molar-refractivity contribution >= 4 is 43.5 Å². The minimum atomic E-state index is 0.407. The molecule has 4 fully saturated rings. The summed E-state index contributed by atoms with van der Waals surface area (Å²) in [5.41, 5.74) is 12.1. The maximum Gasteiger partial charge on any atom is 0.235 e. The highest BCUT2D eigenvalue weighted by Gasteiger charge is 2.51. The fraction of sp³-hybridized carbons (Fsp3) is 0.192. The van der Waals surface area contributed by atoms with Gasteiger partial charge in [-0.2, -0.15) is 0 Å². The van der Waals surface area contributed by atoms with E-state index in [4.69, 9.17) is 9.97 Å². The third-order valence-corrected chi connectivity index (χ3v) is 13.6. The molecule has 7 aromatic carbocycles. The zero-order valence-corrected chi connectivity index (χ0v) is 30.8. The summed E-state index contributed by atoms with van der Waals surface area (Å²) in [5.74, 6) is 3.52. The lowest BCUT2D eigenvalue weighted by atomic mass is 9.48. The summed E-state index contributed by atoms with van der Waals surface area (Å²) in [7, 11) is 0. The van der Waals surface area contributed by atoms with E-state index in [9.17, 15) is 0 Å². The number of hydrogen-bond acceptors (Lipinski definition) is 2. The van der Waals surface area contributed by atoms with E-state index in [1.54, 1.807) is 5.56 Å². The van der Waals surface area contributed by atoms with Gasteiger partial charge < -0.3 is 0 Å². The van der Waals surface area contributed by atoms with Gasteiger partial charge in [0.1, 0.15) is 0 Å². The molecule has 4 saturated carbocycles. The topological polar surface area (TPSA) is 30.7 Å². The summed E-state index contributed by atoms with van der Waals surface area (Å²) >= 11 is 0. The Balaban J connectivity index is 0.985. The Labute approximate surface area is 321 Å². The molecule has 13 rings (SSSR count). The van der Waals surface area contributed by atoms with Gasteiger partial charge >= 0.3 is 0 Å². The SMILES string of the molecule is c1cc(-c2nc(-n3c4ccccc4c4ccccc43)nc3ccccc23)cc(-c2cccc3cccc(-c4ccc(C56CC7CC(CC(C7)C5)C6)cc4)c23)c1. The molecule has 0 radical (unpaired) electrons. The van der Waals surface area contributed by atoms with Crippen LogP contribution in [0, 0.1) is 17.8 Å².